The van der Waals surface area contributed by atoms with Gasteiger partial charge in [0.1, 0.15) is 0 Å². The topological polar surface area (TPSA) is 0 Å². The highest BCUT2D eigenvalue weighted by atomic mass is 79.9. The molecular weight excluding hydrogens is 352 g/mol. The standard InChI is InChI=1S/C16H16Br2/c1-12-4-2-5-13(8-12)9-15(11-17)14-6-3-7-16(18)10-14/h2-8,10,15H,9,11H2,1H3. The molecule has 2 heteroatoms. The molecule has 18 heavy (non-hydrogen) atoms. The SMILES string of the molecule is Cc1cccc(CC(CBr)c2cccc(Br)c2)c1. The molecule has 2 aromatic carbocycles. The molecule has 0 aliphatic carbocycles. The molecule has 94 valence electrons. The van der Waals surface area contributed by atoms with Crippen LogP contribution in [0.15, 0.2) is 53.0 Å². The van der Waals surface area contributed by atoms with Crippen molar-refractivity contribution in [2.45, 2.75) is 19.3 Å². The number of rotatable bonds is 4. The molecule has 0 radical (unpaired) electrons. The fourth-order valence-corrected chi connectivity index (χ4v) is 3.17. The first-order valence-corrected chi connectivity index (χ1v) is 7.97. The van der Waals surface area contributed by atoms with Crippen molar-refractivity contribution in [1.29, 1.82) is 0 Å². The fourth-order valence-electron chi connectivity index (χ4n) is 2.15. The lowest BCUT2D eigenvalue weighted by Crippen LogP contribution is -2.04. The van der Waals surface area contributed by atoms with E-state index in [1.807, 2.05) is 0 Å². The highest BCUT2D eigenvalue weighted by Gasteiger charge is 2.11. The van der Waals surface area contributed by atoms with E-state index in [1.165, 1.54) is 16.7 Å². The van der Waals surface area contributed by atoms with Gasteiger partial charge in [0, 0.05) is 9.80 Å². The Labute approximate surface area is 126 Å². The van der Waals surface area contributed by atoms with Crippen molar-refractivity contribution in [2.75, 3.05) is 5.33 Å². The van der Waals surface area contributed by atoms with Gasteiger partial charge in [-0.2, -0.15) is 0 Å². The zero-order valence-corrected chi connectivity index (χ0v) is 13.5. The summed E-state index contributed by atoms with van der Waals surface area (Å²) >= 11 is 7.18. The quantitative estimate of drug-likeness (QED) is 0.627. The number of halogens is 2. The second kappa shape index (κ2) is 6.53. The smallest absolute Gasteiger partial charge is 0.0178 e. The maximum atomic E-state index is 3.64. The molecule has 0 nitrogen and oxygen atoms in total. The van der Waals surface area contributed by atoms with Crippen molar-refractivity contribution in [3.05, 3.63) is 69.7 Å². The Morgan fingerprint density at radius 3 is 2.50 bits per heavy atom. The van der Waals surface area contributed by atoms with E-state index >= 15 is 0 Å². The van der Waals surface area contributed by atoms with E-state index in [0.717, 1.165) is 16.2 Å². The van der Waals surface area contributed by atoms with E-state index in [4.69, 9.17) is 0 Å². The van der Waals surface area contributed by atoms with Gasteiger partial charge in [0.2, 0.25) is 0 Å². The summed E-state index contributed by atoms with van der Waals surface area (Å²) in [5.74, 6) is 0.518. The molecule has 2 aromatic rings. The van der Waals surface area contributed by atoms with Gasteiger partial charge >= 0.3 is 0 Å². The molecule has 1 unspecified atom stereocenters. The van der Waals surface area contributed by atoms with Crippen LogP contribution in [0.5, 0.6) is 0 Å². The summed E-state index contributed by atoms with van der Waals surface area (Å²) in [7, 11) is 0. The zero-order chi connectivity index (χ0) is 13.0. The van der Waals surface area contributed by atoms with E-state index in [1.54, 1.807) is 0 Å². The van der Waals surface area contributed by atoms with Gasteiger partial charge in [-0.1, -0.05) is 73.8 Å². The first-order chi connectivity index (χ1) is 8.69. The van der Waals surface area contributed by atoms with E-state index < -0.39 is 0 Å². The van der Waals surface area contributed by atoms with Gasteiger partial charge in [0.05, 0.1) is 0 Å². The van der Waals surface area contributed by atoms with Crippen LogP contribution in [-0.2, 0) is 6.42 Å². The Morgan fingerprint density at radius 1 is 1.06 bits per heavy atom. The maximum Gasteiger partial charge on any atom is 0.0178 e. The van der Waals surface area contributed by atoms with Crippen LogP contribution in [0.1, 0.15) is 22.6 Å². The van der Waals surface area contributed by atoms with Crippen molar-refractivity contribution in [3.63, 3.8) is 0 Å². The van der Waals surface area contributed by atoms with Gasteiger partial charge in [-0.15, -0.1) is 0 Å². The van der Waals surface area contributed by atoms with Gasteiger partial charge in [-0.05, 0) is 42.5 Å². The highest BCUT2D eigenvalue weighted by Crippen LogP contribution is 2.25. The molecule has 0 amide bonds. The molecule has 0 bridgehead atoms. The molecule has 0 spiro atoms. The second-order valence-electron chi connectivity index (χ2n) is 4.60. The third-order valence-electron chi connectivity index (χ3n) is 3.07. The molecule has 2 rings (SSSR count). The molecular formula is C16H16Br2. The monoisotopic (exact) mass is 366 g/mol. The van der Waals surface area contributed by atoms with E-state index in [2.05, 4.69) is 87.3 Å². The van der Waals surface area contributed by atoms with Crippen LogP contribution in [-0.4, -0.2) is 5.33 Å². The molecule has 0 fully saturated rings. The van der Waals surface area contributed by atoms with Crippen LogP contribution < -0.4 is 0 Å². The molecule has 0 heterocycles. The molecule has 1 atom stereocenters. The summed E-state index contributed by atoms with van der Waals surface area (Å²) < 4.78 is 1.15. The number of aryl methyl sites for hydroxylation is 1. The average Bonchev–Trinajstić information content (AvgIpc) is 2.36. The van der Waals surface area contributed by atoms with Crippen LogP contribution in [0.4, 0.5) is 0 Å². The van der Waals surface area contributed by atoms with Crippen LogP contribution >= 0.6 is 31.9 Å². The minimum Gasteiger partial charge on any atom is -0.0921 e. The van der Waals surface area contributed by atoms with Crippen molar-refractivity contribution >= 4 is 31.9 Å². The normalized spacial score (nSPS) is 12.4. The van der Waals surface area contributed by atoms with Crippen molar-refractivity contribution < 1.29 is 0 Å². The lowest BCUT2D eigenvalue weighted by atomic mass is 9.93. The number of alkyl halides is 1. The lowest BCUT2D eigenvalue weighted by Gasteiger charge is -2.15. The molecule has 0 aliphatic rings. The Kier molecular flexibility index (Phi) is 5.02. The third kappa shape index (κ3) is 3.69. The van der Waals surface area contributed by atoms with Gasteiger partial charge in [0.25, 0.3) is 0 Å². The lowest BCUT2D eigenvalue weighted by molar-refractivity contribution is 0.774. The highest BCUT2D eigenvalue weighted by molar-refractivity contribution is 9.10. The Balaban J connectivity index is 2.19. The maximum absolute atomic E-state index is 3.64. The van der Waals surface area contributed by atoms with Gasteiger partial charge in [-0.25, -0.2) is 0 Å². The average molecular weight is 368 g/mol. The molecule has 0 aliphatic heterocycles. The Hall–Kier alpha value is -0.600. The summed E-state index contributed by atoms with van der Waals surface area (Å²) in [6, 6.07) is 17.3. The number of hydrogen-bond acceptors (Lipinski definition) is 0. The van der Waals surface area contributed by atoms with Crippen molar-refractivity contribution in [3.8, 4) is 0 Å². The Morgan fingerprint density at radius 2 is 1.83 bits per heavy atom. The summed E-state index contributed by atoms with van der Waals surface area (Å²) in [6.07, 6.45) is 1.07. The fraction of sp³-hybridized carbons (Fsp3) is 0.250. The first kappa shape index (κ1) is 13.8. The predicted octanol–water partition coefficient (Wildman–Crippen LogP) is 5.48. The van der Waals surface area contributed by atoms with Crippen LogP contribution in [0.25, 0.3) is 0 Å². The molecule has 0 saturated carbocycles. The third-order valence-corrected chi connectivity index (χ3v) is 4.35. The van der Waals surface area contributed by atoms with E-state index in [-0.39, 0.29) is 0 Å². The largest absolute Gasteiger partial charge is 0.0921 e. The van der Waals surface area contributed by atoms with Crippen LogP contribution in [0.2, 0.25) is 0 Å². The summed E-state index contributed by atoms with van der Waals surface area (Å²) in [6.45, 7) is 2.14. The van der Waals surface area contributed by atoms with Crippen LogP contribution in [0.3, 0.4) is 0 Å². The van der Waals surface area contributed by atoms with Crippen molar-refractivity contribution in [1.82, 2.24) is 0 Å². The predicted molar refractivity (Wildman–Crippen MR) is 85.6 cm³/mol. The van der Waals surface area contributed by atoms with E-state index in [9.17, 15) is 0 Å². The first-order valence-electron chi connectivity index (χ1n) is 6.06. The molecule has 0 N–H and O–H groups in total. The van der Waals surface area contributed by atoms with Crippen molar-refractivity contribution in [2.24, 2.45) is 0 Å². The minimum atomic E-state index is 0.518. The van der Waals surface area contributed by atoms with Crippen LogP contribution in [0, 0.1) is 6.92 Å². The number of benzene rings is 2. The molecule has 0 saturated heterocycles. The summed E-state index contributed by atoms with van der Waals surface area (Å²) in [5.41, 5.74) is 4.11. The Bertz CT molecular complexity index is 520. The molecule has 0 aromatic heterocycles. The zero-order valence-electron chi connectivity index (χ0n) is 10.4. The van der Waals surface area contributed by atoms with Gasteiger partial charge < -0.3 is 0 Å². The summed E-state index contributed by atoms with van der Waals surface area (Å²) in [4.78, 5) is 0. The number of hydrogen-bond donors (Lipinski definition) is 0. The van der Waals surface area contributed by atoms with Gasteiger partial charge in [-0.3, -0.25) is 0 Å². The summed E-state index contributed by atoms with van der Waals surface area (Å²) in [5, 5.41) is 0.984. The van der Waals surface area contributed by atoms with Gasteiger partial charge in [0.15, 0.2) is 0 Å². The minimum absolute atomic E-state index is 0.518. The van der Waals surface area contributed by atoms with E-state index in [0.29, 0.717) is 5.92 Å². The second-order valence-corrected chi connectivity index (χ2v) is 6.16.